The van der Waals surface area contributed by atoms with Crippen LogP contribution in [0.2, 0.25) is 5.02 Å². The number of nitrogens with zero attached hydrogens (tertiary/aromatic N) is 4. The van der Waals surface area contributed by atoms with Crippen LogP contribution in [0.15, 0.2) is 42.5 Å². The molecule has 4 aliphatic rings. The number of aromatic hydroxyl groups is 1. The predicted molar refractivity (Wildman–Crippen MR) is 164 cm³/mol. The Hall–Kier alpha value is -3.20. The third kappa shape index (κ3) is 4.83. The van der Waals surface area contributed by atoms with E-state index in [9.17, 15) is 5.11 Å². The Labute approximate surface area is 249 Å². The van der Waals surface area contributed by atoms with Crippen LogP contribution in [0.5, 0.6) is 11.8 Å². The fraction of sp³-hybridized carbons (Fsp3) is 0.455. The maximum atomic E-state index is 16.8. The molecule has 0 radical (unpaired) electrons. The van der Waals surface area contributed by atoms with Crippen molar-refractivity contribution in [3.05, 3.63) is 53.3 Å². The van der Waals surface area contributed by atoms with Crippen molar-refractivity contribution in [2.45, 2.75) is 56.7 Å². The van der Waals surface area contributed by atoms with Gasteiger partial charge in [0.1, 0.15) is 23.7 Å². The Morgan fingerprint density at radius 2 is 1.81 bits per heavy atom. The molecular weight excluding hydrogens is 553 g/mol. The average molecular weight is 588 g/mol. The zero-order chi connectivity index (χ0) is 28.4. The highest BCUT2D eigenvalue weighted by atomic mass is 35.5. The van der Waals surface area contributed by atoms with Gasteiger partial charge in [-0.25, -0.2) is 4.39 Å². The number of piperazine rings is 1. The molecule has 2 N–H and O–H groups in total. The number of phenols is 1. The van der Waals surface area contributed by atoms with Gasteiger partial charge in [0.25, 0.3) is 0 Å². The van der Waals surface area contributed by atoms with Crippen LogP contribution in [-0.2, 0) is 0 Å². The van der Waals surface area contributed by atoms with Crippen LogP contribution in [0.4, 0.5) is 10.2 Å². The molecule has 1 saturated carbocycles. The Kier molecular flexibility index (Phi) is 6.61. The molecule has 1 aliphatic carbocycles. The number of aromatic nitrogens is 2. The van der Waals surface area contributed by atoms with Gasteiger partial charge in [0, 0.05) is 48.7 Å². The van der Waals surface area contributed by atoms with Crippen LogP contribution in [-0.4, -0.2) is 70.9 Å². The Morgan fingerprint density at radius 3 is 2.62 bits per heavy atom. The minimum Gasteiger partial charge on any atom is -0.508 e. The fourth-order valence-electron chi connectivity index (χ4n) is 7.31. The number of likely N-dealkylation sites (tertiary alicyclic amines) is 1. The smallest absolute Gasteiger partial charge is 0.319 e. The fourth-order valence-corrected chi connectivity index (χ4v) is 7.60. The average Bonchev–Trinajstić information content (AvgIpc) is 3.59. The number of halogens is 2. The lowest BCUT2D eigenvalue weighted by Gasteiger charge is -2.34. The van der Waals surface area contributed by atoms with Crippen molar-refractivity contribution in [2.24, 2.45) is 5.92 Å². The predicted octanol–water partition coefficient (Wildman–Crippen LogP) is 6.14. The molecule has 1 aromatic heterocycles. The number of rotatable bonds is 7. The first kappa shape index (κ1) is 26.4. The second-order valence-electron chi connectivity index (χ2n) is 12.6. The van der Waals surface area contributed by atoms with Gasteiger partial charge in [-0.15, -0.1) is 0 Å². The van der Waals surface area contributed by atoms with Crippen LogP contribution in [0, 0.1) is 11.7 Å². The molecule has 3 aliphatic heterocycles. The monoisotopic (exact) mass is 587 g/mol. The largest absolute Gasteiger partial charge is 0.508 e. The van der Waals surface area contributed by atoms with Crippen molar-refractivity contribution in [1.29, 1.82) is 0 Å². The van der Waals surface area contributed by atoms with Crippen molar-refractivity contribution in [1.82, 2.24) is 20.2 Å². The zero-order valence-electron chi connectivity index (χ0n) is 23.5. The maximum Gasteiger partial charge on any atom is 0.319 e. The molecule has 2 bridgehead atoms. The minimum atomic E-state index is -0.531. The number of hydrogen-bond donors (Lipinski definition) is 2. The molecule has 4 heterocycles. The second kappa shape index (κ2) is 10.5. The summed E-state index contributed by atoms with van der Waals surface area (Å²) in [5, 5.41) is 16.6. The van der Waals surface area contributed by atoms with E-state index >= 15 is 4.39 Å². The topological polar surface area (TPSA) is 73.8 Å². The summed E-state index contributed by atoms with van der Waals surface area (Å²) in [7, 11) is 0. The lowest BCUT2D eigenvalue weighted by atomic mass is 9.96. The van der Waals surface area contributed by atoms with Crippen LogP contribution in [0.3, 0.4) is 0 Å². The number of hydrogen-bond acceptors (Lipinski definition) is 7. The van der Waals surface area contributed by atoms with Gasteiger partial charge in [-0.2, -0.15) is 9.97 Å². The highest BCUT2D eigenvalue weighted by Crippen LogP contribution is 2.43. The number of nitrogens with one attached hydrogen (secondary N) is 1. The molecule has 218 valence electrons. The molecular formula is C33H35ClFN5O2. The Bertz CT molecular complexity index is 1670. The maximum absolute atomic E-state index is 16.8. The number of fused-ring (bicyclic) bond motifs is 4. The van der Waals surface area contributed by atoms with Crippen molar-refractivity contribution < 1.29 is 14.2 Å². The third-order valence-electron chi connectivity index (χ3n) is 9.57. The molecule has 4 aromatic rings. The lowest BCUT2D eigenvalue weighted by Crippen LogP contribution is -2.51. The summed E-state index contributed by atoms with van der Waals surface area (Å²) in [6.07, 6.45) is 7.15. The van der Waals surface area contributed by atoms with Crippen LogP contribution < -0.4 is 15.0 Å². The molecule has 0 amide bonds. The van der Waals surface area contributed by atoms with E-state index in [1.54, 1.807) is 18.2 Å². The summed E-state index contributed by atoms with van der Waals surface area (Å²) in [5.41, 5.74) is 0.937. The van der Waals surface area contributed by atoms with E-state index in [2.05, 4.69) is 20.1 Å². The van der Waals surface area contributed by atoms with Crippen molar-refractivity contribution >= 4 is 39.1 Å². The van der Waals surface area contributed by atoms with E-state index in [0.29, 0.717) is 41.5 Å². The first-order chi connectivity index (χ1) is 20.5. The van der Waals surface area contributed by atoms with Crippen LogP contribution in [0.25, 0.3) is 32.8 Å². The summed E-state index contributed by atoms with van der Waals surface area (Å²) in [4.78, 5) is 14.4. The highest BCUT2D eigenvalue weighted by Gasteiger charge is 2.35. The number of ether oxygens (including phenoxy) is 1. The van der Waals surface area contributed by atoms with E-state index in [1.165, 1.54) is 19.3 Å². The SMILES string of the molecule is Oc1cc(-c2c(Cl)cc3c(N4CC5CCC(C4)N5)nc(OCC4CCCN4CC4CC4)nc3c2F)c2ccccc2c1. The Morgan fingerprint density at radius 1 is 1.00 bits per heavy atom. The number of phenolic OH excluding ortho intramolecular Hbond substituents is 1. The quantitative estimate of drug-likeness (QED) is 0.269. The van der Waals surface area contributed by atoms with Gasteiger partial charge in [0.05, 0.1) is 5.02 Å². The van der Waals surface area contributed by atoms with Crippen molar-refractivity contribution in [3.63, 3.8) is 0 Å². The van der Waals surface area contributed by atoms with E-state index in [-0.39, 0.29) is 27.9 Å². The summed E-state index contributed by atoms with van der Waals surface area (Å²) in [6.45, 7) is 4.31. The number of benzene rings is 3. The molecule has 7 nitrogen and oxygen atoms in total. The molecule has 3 aromatic carbocycles. The zero-order valence-corrected chi connectivity index (χ0v) is 24.3. The van der Waals surface area contributed by atoms with E-state index in [0.717, 1.165) is 62.1 Å². The van der Waals surface area contributed by atoms with Crippen molar-refractivity contribution in [2.75, 3.05) is 37.7 Å². The summed E-state index contributed by atoms with van der Waals surface area (Å²) < 4.78 is 23.1. The second-order valence-corrected chi connectivity index (χ2v) is 13.0. The van der Waals surface area contributed by atoms with E-state index in [1.807, 2.05) is 24.3 Å². The van der Waals surface area contributed by atoms with Gasteiger partial charge in [-0.05, 0) is 85.5 Å². The van der Waals surface area contributed by atoms with Gasteiger partial charge in [0.15, 0.2) is 5.82 Å². The summed E-state index contributed by atoms with van der Waals surface area (Å²) in [6, 6.07) is 13.9. The molecule has 3 unspecified atom stereocenters. The summed E-state index contributed by atoms with van der Waals surface area (Å²) in [5.74, 6) is 1.01. The summed E-state index contributed by atoms with van der Waals surface area (Å²) >= 11 is 6.88. The molecule has 3 atom stereocenters. The minimum absolute atomic E-state index is 0.0512. The van der Waals surface area contributed by atoms with Crippen LogP contribution >= 0.6 is 11.6 Å². The highest BCUT2D eigenvalue weighted by molar-refractivity contribution is 6.35. The molecule has 8 rings (SSSR count). The third-order valence-corrected chi connectivity index (χ3v) is 9.87. The van der Waals surface area contributed by atoms with Gasteiger partial charge < -0.3 is 20.1 Å². The molecule has 42 heavy (non-hydrogen) atoms. The normalized spacial score (nSPS) is 24.2. The van der Waals surface area contributed by atoms with Gasteiger partial charge >= 0.3 is 6.01 Å². The molecule has 9 heteroatoms. The lowest BCUT2D eigenvalue weighted by molar-refractivity contribution is 0.160. The van der Waals surface area contributed by atoms with E-state index in [4.69, 9.17) is 21.3 Å². The van der Waals surface area contributed by atoms with Crippen LogP contribution in [0.1, 0.15) is 38.5 Å². The first-order valence-electron chi connectivity index (χ1n) is 15.3. The molecule has 4 fully saturated rings. The Balaban J connectivity index is 1.23. The molecule has 0 spiro atoms. The van der Waals surface area contributed by atoms with E-state index < -0.39 is 5.82 Å². The van der Waals surface area contributed by atoms with Crippen molar-refractivity contribution in [3.8, 4) is 22.9 Å². The van der Waals surface area contributed by atoms with Gasteiger partial charge in [-0.3, -0.25) is 4.90 Å². The van der Waals surface area contributed by atoms with Gasteiger partial charge in [0.2, 0.25) is 0 Å². The number of anilines is 1. The first-order valence-corrected chi connectivity index (χ1v) is 15.7. The standard InChI is InChI=1S/C33H35ClFN5O2/c34-28-14-27-31(30(35)29(28)26-13-24(41)12-20-4-1-2-6-25(20)26)37-33(38-32(27)40-16-21-9-10-22(17-40)36-21)42-18-23-5-3-11-39(23)15-19-7-8-19/h1-2,4,6,12-14,19,21-23,36,41H,3,5,7-11,15-18H2. The molecule has 3 saturated heterocycles. The van der Waals surface area contributed by atoms with Gasteiger partial charge in [-0.1, -0.05) is 35.9 Å².